The van der Waals surface area contributed by atoms with Crippen molar-refractivity contribution < 1.29 is 0 Å². The van der Waals surface area contributed by atoms with E-state index >= 15 is 0 Å². The van der Waals surface area contributed by atoms with Gasteiger partial charge < -0.3 is 5.32 Å². The Kier molecular flexibility index (Phi) is 2.87. The van der Waals surface area contributed by atoms with E-state index in [-0.39, 0.29) is 0 Å². The summed E-state index contributed by atoms with van der Waals surface area (Å²) >= 11 is 0. The van der Waals surface area contributed by atoms with Crippen molar-refractivity contribution in [1.29, 1.82) is 0 Å². The third-order valence-electron chi connectivity index (χ3n) is 2.88. The molecular formula is C14H15N5. The molecule has 5 nitrogen and oxygen atoms in total. The van der Waals surface area contributed by atoms with Gasteiger partial charge in [-0.1, -0.05) is 12.1 Å². The van der Waals surface area contributed by atoms with Gasteiger partial charge in [-0.3, -0.25) is 4.57 Å². The van der Waals surface area contributed by atoms with E-state index in [1.54, 1.807) is 6.33 Å². The zero-order valence-electron chi connectivity index (χ0n) is 11.0. The van der Waals surface area contributed by atoms with Crippen molar-refractivity contribution in [2.75, 3.05) is 11.9 Å². The lowest BCUT2D eigenvalue weighted by Gasteiger charge is -2.07. The quantitative estimate of drug-likeness (QED) is 0.779. The van der Waals surface area contributed by atoms with Crippen LogP contribution in [0.2, 0.25) is 0 Å². The number of hydrogen-bond acceptors (Lipinski definition) is 4. The van der Waals surface area contributed by atoms with Crippen molar-refractivity contribution in [3.8, 4) is 5.82 Å². The molecule has 0 aliphatic rings. The number of nitrogens with one attached hydrogen (secondary N) is 1. The summed E-state index contributed by atoms with van der Waals surface area (Å²) in [6, 6.07) is 9.96. The minimum atomic E-state index is 0.648. The van der Waals surface area contributed by atoms with Crippen molar-refractivity contribution in [3.05, 3.63) is 42.4 Å². The van der Waals surface area contributed by atoms with Gasteiger partial charge in [0.25, 0.3) is 0 Å². The second-order valence-electron chi connectivity index (χ2n) is 4.32. The van der Waals surface area contributed by atoms with E-state index in [1.807, 2.05) is 48.7 Å². The topological polar surface area (TPSA) is 55.6 Å². The maximum Gasteiger partial charge on any atom is 0.224 e. The average Bonchev–Trinajstić information content (AvgIpc) is 2.82. The lowest BCUT2D eigenvalue weighted by atomic mass is 10.3. The summed E-state index contributed by atoms with van der Waals surface area (Å²) in [5.41, 5.74) is 2.94. The van der Waals surface area contributed by atoms with Crippen molar-refractivity contribution >= 4 is 17.0 Å². The van der Waals surface area contributed by atoms with Gasteiger partial charge in [0.1, 0.15) is 12.1 Å². The fourth-order valence-electron chi connectivity index (χ4n) is 2.05. The van der Waals surface area contributed by atoms with Crippen LogP contribution in [0.4, 0.5) is 5.95 Å². The number of benzene rings is 1. The van der Waals surface area contributed by atoms with Gasteiger partial charge in [-0.2, -0.15) is 4.98 Å². The highest BCUT2D eigenvalue weighted by Crippen LogP contribution is 2.17. The predicted octanol–water partition coefficient (Wildman–Crippen LogP) is 2.56. The molecule has 0 radical (unpaired) electrons. The van der Waals surface area contributed by atoms with E-state index in [0.29, 0.717) is 5.95 Å². The van der Waals surface area contributed by atoms with Crippen LogP contribution in [0.15, 0.2) is 36.7 Å². The molecule has 19 heavy (non-hydrogen) atoms. The van der Waals surface area contributed by atoms with Crippen LogP contribution >= 0.6 is 0 Å². The minimum absolute atomic E-state index is 0.648. The van der Waals surface area contributed by atoms with Crippen molar-refractivity contribution in [3.63, 3.8) is 0 Å². The molecule has 3 rings (SSSR count). The van der Waals surface area contributed by atoms with E-state index < -0.39 is 0 Å². The maximum absolute atomic E-state index is 4.52. The van der Waals surface area contributed by atoms with Gasteiger partial charge >= 0.3 is 0 Å². The highest BCUT2D eigenvalue weighted by atomic mass is 15.2. The van der Waals surface area contributed by atoms with E-state index in [2.05, 4.69) is 20.3 Å². The van der Waals surface area contributed by atoms with Crippen LogP contribution < -0.4 is 5.32 Å². The molecule has 0 aliphatic carbocycles. The molecule has 2 heterocycles. The number of aryl methyl sites for hydroxylation is 1. The Morgan fingerprint density at radius 2 is 2.05 bits per heavy atom. The van der Waals surface area contributed by atoms with Gasteiger partial charge in [-0.05, 0) is 26.0 Å². The van der Waals surface area contributed by atoms with Gasteiger partial charge in [0.2, 0.25) is 5.95 Å². The van der Waals surface area contributed by atoms with Crippen LogP contribution in [0.5, 0.6) is 0 Å². The maximum atomic E-state index is 4.52. The van der Waals surface area contributed by atoms with Crippen molar-refractivity contribution in [1.82, 2.24) is 19.5 Å². The number of nitrogens with zero attached hydrogens (tertiary/aromatic N) is 4. The highest BCUT2D eigenvalue weighted by Gasteiger charge is 2.07. The lowest BCUT2D eigenvalue weighted by molar-refractivity contribution is 0.967. The Balaban J connectivity index is 2.15. The van der Waals surface area contributed by atoms with Crippen LogP contribution in [-0.2, 0) is 0 Å². The number of hydrogen-bond donors (Lipinski definition) is 1. The fraction of sp³-hybridized carbons (Fsp3) is 0.214. The molecule has 5 heteroatoms. The Bertz CT molecular complexity index is 717. The summed E-state index contributed by atoms with van der Waals surface area (Å²) in [6.45, 7) is 4.79. The number of anilines is 1. The molecule has 0 unspecified atom stereocenters. The van der Waals surface area contributed by atoms with E-state index in [9.17, 15) is 0 Å². The van der Waals surface area contributed by atoms with E-state index in [0.717, 1.165) is 29.1 Å². The second kappa shape index (κ2) is 4.68. The molecule has 2 aromatic heterocycles. The summed E-state index contributed by atoms with van der Waals surface area (Å²) in [6.07, 6.45) is 1.79. The van der Waals surface area contributed by atoms with Crippen LogP contribution in [-0.4, -0.2) is 26.1 Å². The first-order chi connectivity index (χ1) is 9.28. The SMILES string of the molecule is CCNc1nc(C)cc(-n2cnc3ccccc32)n1. The van der Waals surface area contributed by atoms with Crippen LogP contribution in [0.1, 0.15) is 12.6 Å². The zero-order valence-corrected chi connectivity index (χ0v) is 11.0. The second-order valence-corrected chi connectivity index (χ2v) is 4.32. The van der Waals surface area contributed by atoms with Crippen LogP contribution in [0.3, 0.4) is 0 Å². The molecule has 0 spiro atoms. The van der Waals surface area contributed by atoms with Gasteiger partial charge in [0.15, 0.2) is 0 Å². The third kappa shape index (κ3) is 2.14. The summed E-state index contributed by atoms with van der Waals surface area (Å²) in [5, 5.41) is 3.14. The molecule has 0 amide bonds. The molecule has 0 saturated heterocycles. The van der Waals surface area contributed by atoms with Crippen LogP contribution in [0, 0.1) is 6.92 Å². The average molecular weight is 253 g/mol. The molecular weight excluding hydrogens is 238 g/mol. The van der Waals surface area contributed by atoms with Crippen molar-refractivity contribution in [2.45, 2.75) is 13.8 Å². The number of rotatable bonds is 3. The zero-order chi connectivity index (χ0) is 13.2. The molecule has 0 bridgehead atoms. The van der Waals surface area contributed by atoms with E-state index in [1.165, 1.54) is 0 Å². The number of imidazole rings is 1. The predicted molar refractivity (Wildman–Crippen MR) is 75.6 cm³/mol. The minimum Gasteiger partial charge on any atom is -0.354 e. The smallest absolute Gasteiger partial charge is 0.224 e. The fourth-order valence-corrected chi connectivity index (χ4v) is 2.05. The van der Waals surface area contributed by atoms with Gasteiger partial charge in [0, 0.05) is 18.3 Å². The molecule has 96 valence electrons. The molecule has 0 aliphatic heterocycles. The van der Waals surface area contributed by atoms with Crippen molar-refractivity contribution in [2.24, 2.45) is 0 Å². The normalized spacial score (nSPS) is 10.8. The molecule has 0 atom stereocenters. The molecule has 1 N–H and O–H groups in total. The first-order valence-corrected chi connectivity index (χ1v) is 6.30. The first kappa shape index (κ1) is 11.6. The first-order valence-electron chi connectivity index (χ1n) is 6.30. The lowest BCUT2D eigenvalue weighted by Crippen LogP contribution is -2.06. The van der Waals surface area contributed by atoms with Gasteiger partial charge in [0.05, 0.1) is 11.0 Å². The molecule has 0 fully saturated rings. The summed E-state index contributed by atoms with van der Waals surface area (Å²) in [7, 11) is 0. The van der Waals surface area contributed by atoms with Crippen LogP contribution in [0.25, 0.3) is 16.9 Å². The van der Waals surface area contributed by atoms with Gasteiger partial charge in [-0.15, -0.1) is 0 Å². The standard InChI is InChI=1S/C14H15N5/c1-3-15-14-17-10(2)8-13(18-14)19-9-16-11-6-4-5-7-12(11)19/h4-9H,3H2,1-2H3,(H,15,17,18). The molecule has 3 aromatic rings. The Morgan fingerprint density at radius 1 is 1.21 bits per heavy atom. The molecule has 0 saturated carbocycles. The summed E-state index contributed by atoms with van der Waals surface area (Å²) < 4.78 is 1.98. The largest absolute Gasteiger partial charge is 0.354 e. The Hall–Kier alpha value is -2.43. The number of para-hydroxylation sites is 2. The summed E-state index contributed by atoms with van der Waals surface area (Å²) in [4.78, 5) is 13.3. The van der Waals surface area contributed by atoms with E-state index in [4.69, 9.17) is 0 Å². The number of fused-ring (bicyclic) bond motifs is 1. The Labute approximate surface area is 111 Å². The monoisotopic (exact) mass is 253 g/mol. The third-order valence-corrected chi connectivity index (χ3v) is 2.88. The summed E-state index contributed by atoms with van der Waals surface area (Å²) in [5.74, 6) is 1.48. The number of aromatic nitrogens is 4. The van der Waals surface area contributed by atoms with Gasteiger partial charge in [-0.25, -0.2) is 9.97 Å². The molecule has 1 aromatic carbocycles. The Morgan fingerprint density at radius 3 is 2.89 bits per heavy atom. The highest BCUT2D eigenvalue weighted by molar-refractivity contribution is 5.76.